The lowest BCUT2D eigenvalue weighted by molar-refractivity contribution is 0.443. The fraction of sp³-hybridized carbons (Fsp3) is 0.333. The first-order valence-corrected chi connectivity index (χ1v) is 7.74. The van der Waals surface area contributed by atoms with Crippen molar-refractivity contribution in [2.45, 2.75) is 26.3 Å². The number of rotatable bonds is 5. The fourth-order valence-corrected chi connectivity index (χ4v) is 2.76. The Morgan fingerprint density at radius 1 is 1.09 bits per heavy atom. The maximum Gasteiger partial charge on any atom is 0.124 e. The normalized spacial score (nSPS) is 12.9. The molecule has 2 N–H and O–H groups in total. The number of hydrogen-bond donors (Lipinski definition) is 2. The van der Waals surface area contributed by atoms with Crippen LogP contribution in [-0.2, 0) is 0 Å². The third kappa shape index (κ3) is 3.02. The van der Waals surface area contributed by atoms with Crippen molar-refractivity contribution in [2.75, 3.05) is 7.05 Å². The molecule has 4 nitrogen and oxygen atoms in total. The molecule has 0 saturated heterocycles. The Kier molecular flexibility index (Phi) is 4.20. The van der Waals surface area contributed by atoms with Crippen molar-refractivity contribution in [2.24, 2.45) is 5.92 Å². The Bertz CT molecular complexity index is 746. The molecular formula is C18H22N4. The molecule has 0 bridgehead atoms. The molecule has 0 fully saturated rings. The first-order chi connectivity index (χ1) is 10.7. The number of aromatic nitrogens is 3. The molecule has 1 aromatic carbocycles. The van der Waals surface area contributed by atoms with Gasteiger partial charge in [0.2, 0.25) is 0 Å². The minimum Gasteiger partial charge on any atom is -0.341 e. The summed E-state index contributed by atoms with van der Waals surface area (Å²) in [5.74, 6) is 1.64. The van der Waals surface area contributed by atoms with Crippen molar-refractivity contribution in [3.05, 3.63) is 48.5 Å². The second kappa shape index (κ2) is 6.28. The number of pyridine rings is 1. The third-order valence-electron chi connectivity index (χ3n) is 3.90. The number of fused-ring (bicyclic) bond motifs is 1. The standard InChI is InChI=1S/C18H22N4/c1-12(2)10-17(19-3)18-21-15-5-4-14(11-16(15)22-18)13-6-8-20-9-7-13/h4-9,11-12,17,19H,10H2,1-3H3,(H,21,22). The van der Waals surface area contributed by atoms with Crippen LogP contribution in [0.25, 0.3) is 22.2 Å². The number of nitrogens with zero attached hydrogens (tertiary/aromatic N) is 2. The Hall–Kier alpha value is -2.20. The van der Waals surface area contributed by atoms with Crippen LogP contribution in [0.5, 0.6) is 0 Å². The zero-order valence-electron chi connectivity index (χ0n) is 13.3. The van der Waals surface area contributed by atoms with Crippen molar-refractivity contribution in [1.82, 2.24) is 20.3 Å². The Balaban J connectivity index is 1.96. The summed E-state index contributed by atoms with van der Waals surface area (Å²) in [6.07, 6.45) is 4.70. The maximum absolute atomic E-state index is 4.74. The van der Waals surface area contributed by atoms with Crippen molar-refractivity contribution in [1.29, 1.82) is 0 Å². The molecule has 114 valence electrons. The molecule has 0 radical (unpaired) electrons. The second-order valence-corrected chi connectivity index (χ2v) is 6.06. The summed E-state index contributed by atoms with van der Waals surface area (Å²) in [6.45, 7) is 4.46. The van der Waals surface area contributed by atoms with E-state index in [1.165, 1.54) is 11.1 Å². The van der Waals surface area contributed by atoms with Crippen LogP contribution in [0.2, 0.25) is 0 Å². The number of nitrogens with one attached hydrogen (secondary N) is 2. The van der Waals surface area contributed by atoms with E-state index in [2.05, 4.69) is 47.3 Å². The van der Waals surface area contributed by atoms with Crippen LogP contribution >= 0.6 is 0 Å². The van der Waals surface area contributed by atoms with E-state index in [9.17, 15) is 0 Å². The van der Waals surface area contributed by atoms with E-state index in [-0.39, 0.29) is 6.04 Å². The Labute approximate surface area is 131 Å². The quantitative estimate of drug-likeness (QED) is 0.749. The summed E-state index contributed by atoms with van der Waals surface area (Å²) in [7, 11) is 1.99. The van der Waals surface area contributed by atoms with Gasteiger partial charge in [-0.25, -0.2) is 4.98 Å². The number of aromatic amines is 1. The molecule has 22 heavy (non-hydrogen) atoms. The van der Waals surface area contributed by atoms with Crippen LogP contribution in [-0.4, -0.2) is 22.0 Å². The third-order valence-corrected chi connectivity index (χ3v) is 3.90. The highest BCUT2D eigenvalue weighted by molar-refractivity contribution is 5.81. The van der Waals surface area contributed by atoms with Crippen molar-refractivity contribution in [3.63, 3.8) is 0 Å². The molecular weight excluding hydrogens is 272 g/mol. The molecule has 4 heteroatoms. The summed E-state index contributed by atoms with van der Waals surface area (Å²) < 4.78 is 0. The van der Waals surface area contributed by atoms with Crippen LogP contribution in [0.4, 0.5) is 0 Å². The molecule has 0 aliphatic carbocycles. The van der Waals surface area contributed by atoms with Gasteiger partial charge in [0, 0.05) is 12.4 Å². The van der Waals surface area contributed by atoms with Crippen LogP contribution in [0.1, 0.15) is 32.1 Å². The van der Waals surface area contributed by atoms with E-state index in [4.69, 9.17) is 4.98 Å². The minimum atomic E-state index is 0.261. The van der Waals surface area contributed by atoms with Gasteiger partial charge in [-0.15, -0.1) is 0 Å². The van der Waals surface area contributed by atoms with E-state index in [0.717, 1.165) is 23.3 Å². The highest BCUT2D eigenvalue weighted by atomic mass is 15.0. The zero-order valence-corrected chi connectivity index (χ0v) is 13.3. The topological polar surface area (TPSA) is 53.6 Å². The summed E-state index contributed by atoms with van der Waals surface area (Å²) >= 11 is 0. The van der Waals surface area contributed by atoms with Gasteiger partial charge in [0.25, 0.3) is 0 Å². The van der Waals surface area contributed by atoms with E-state index < -0.39 is 0 Å². The van der Waals surface area contributed by atoms with Gasteiger partial charge in [-0.1, -0.05) is 19.9 Å². The number of imidazole rings is 1. The van der Waals surface area contributed by atoms with Gasteiger partial charge in [-0.05, 0) is 54.8 Å². The van der Waals surface area contributed by atoms with E-state index in [1.807, 2.05) is 31.6 Å². The molecule has 0 spiro atoms. The van der Waals surface area contributed by atoms with Crippen LogP contribution in [0, 0.1) is 5.92 Å². The highest BCUT2D eigenvalue weighted by Crippen LogP contribution is 2.25. The first-order valence-electron chi connectivity index (χ1n) is 7.74. The van der Waals surface area contributed by atoms with Gasteiger partial charge >= 0.3 is 0 Å². The van der Waals surface area contributed by atoms with Crippen LogP contribution in [0.15, 0.2) is 42.7 Å². The lowest BCUT2D eigenvalue weighted by Crippen LogP contribution is -2.19. The van der Waals surface area contributed by atoms with Gasteiger partial charge in [-0.2, -0.15) is 0 Å². The maximum atomic E-state index is 4.74. The predicted octanol–water partition coefficient (Wildman–Crippen LogP) is 3.93. The van der Waals surface area contributed by atoms with Crippen molar-refractivity contribution in [3.8, 4) is 11.1 Å². The molecule has 0 aliphatic rings. The van der Waals surface area contributed by atoms with Crippen LogP contribution in [0.3, 0.4) is 0 Å². The molecule has 0 aliphatic heterocycles. The average molecular weight is 294 g/mol. The van der Waals surface area contributed by atoms with Crippen molar-refractivity contribution < 1.29 is 0 Å². The summed E-state index contributed by atoms with van der Waals surface area (Å²) in [5.41, 5.74) is 4.43. The summed E-state index contributed by atoms with van der Waals surface area (Å²) in [4.78, 5) is 12.3. The minimum absolute atomic E-state index is 0.261. The lowest BCUT2D eigenvalue weighted by atomic mass is 10.0. The zero-order chi connectivity index (χ0) is 15.5. The fourth-order valence-electron chi connectivity index (χ4n) is 2.76. The van der Waals surface area contributed by atoms with Gasteiger partial charge in [0.15, 0.2) is 0 Å². The molecule has 2 heterocycles. The number of benzene rings is 1. The smallest absolute Gasteiger partial charge is 0.124 e. The molecule has 3 aromatic rings. The molecule has 1 unspecified atom stereocenters. The molecule has 1 atom stereocenters. The number of hydrogen-bond acceptors (Lipinski definition) is 3. The summed E-state index contributed by atoms with van der Waals surface area (Å²) in [5, 5.41) is 3.35. The SMILES string of the molecule is CNC(CC(C)C)c1nc2ccc(-c3ccncc3)cc2[nH]1. The van der Waals surface area contributed by atoms with Crippen LogP contribution < -0.4 is 5.32 Å². The Morgan fingerprint density at radius 3 is 2.55 bits per heavy atom. The Morgan fingerprint density at radius 2 is 1.86 bits per heavy atom. The van der Waals surface area contributed by atoms with Gasteiger partial charge in [0.1, 0.15) is 5.82 Å². The van der Waals surface area contributed by atoms with E-state index in [0.29, 0.717) is 5.92 Å². The number of H-pyrrole nitrogens is 1. The monoisotopic (exact) mass is 294 g/mol. The van der Waals surface area contributed by atoms with E-state index in [1.54, 1.807) is 0 Å². The highest BCUT2D eigenvalue weighted by Gasteiger charge is 2.15. The largest absolute Gasteiger partial charge is 0.341 e. The van der Waals surface area contributed by atoms with Gasteiger partial charge in [-0.3, -0.25) is 4.98 Å². The van der Waals surface area contributed by atoms with Gasteiger partial charge < -0.3 is 10.3 Å². The second-order valence-electron chi connectivity index (χ2n) is 6.06. The summed E-state index contributed by atoms with van der Waals surface area (Å²) in [6, 6.07) is 10.6. The molecule has 0 saturated carbocycles. The van der Waals surface area contributed by atoms with Crippen molar-refractivity contribution >= 4 is 11.0 Å². The average Bonchev–Trinajstić information content (AvgIpc) is 2.96. The molecule has 3 rings (SSSR count). The predicted molar refractivity (Wildman–Crippen MR) is 90.6 cm³/mol. The molecule has 2 aromatic heterocycles. The lowest BCUT2D eigenvalue weighted by Gasteiger charge is -2.15. The van der Waals surface area contributed by atoms with Gasteiger partial charge in [0.05, 0.1) is 17.1 Å². The van der Waals surface area contributed by atoms with E-state index >= 15 is 0 Å². The first kappa shape index (κ1) is 14.7. The molecule has 0 amide bonds.